The van der Waals surface area contributed by atoms with Crippen LogP contribution < -0.4 is 0 Å². The Morgan fingerprint density at radius 3 is 2.74 bits per heavy atom. The number of carbonyl (C=O) groups excluding carboxylic acids is 1. The molecule has 0 aliphatic carbocycles. The molecule has 0 saturated heterocycles. The molecule has 0 aliphatic heterocycles. The van der Waals surface area contributed by atoms with Crippen molar-refractivity contribution in [2.45, 2.75) is 5.92 Å². The van der Waals surface area contributed by atoms with Gasteiger partial charge in [-0.2, -0.15) is 5.26 Å². The second-order valence-electron chi connectivity index (χ2n) is 4.04. The van der Waals surface area contributed by atoms with Gasteiger partial charge in [0.05, 0.1) is 12.7 Å². The van der Waals surface area contributed by atoms with Crippen LogP contribution in [0.25, 0.3) is 0 Å². The van der Waals surface area contributed by atoms with E-state index in [9.17, 15) is 10.1 Å². The number of rotatable bonds is 7. The fraction of sp³-hybridized carbons (Fsp3) is 0.333. The van der Waals surface area contributed by atoms with Crippen molar-refractivity contribution < 1.29 is 9.53 Å². The van der Waals surface area contributed by atoms with Crippen molar-refractivity contribution in [1.82, 2.24) is 4.90 Å². The molecule has 0 heterocycles. The Hall–Kier alpha value is -2.12. The third kappa shape index (κ3) is 4.23. The second-order valence-corrected chi connectivity index (χ2v) is 4.04. The summed E-state index contributed by atoms with van der Waals surface area (Å²) in [6, 6.07) is 11.1. The van der Waals surface area contributed by atoms with Crippen LogP contribution >= 0.6 is 0 Å². The zero-order chi connectivity index (χ0) is 14.1. The third-order valence-corrected chi connectivity index (χ3v) is 2.74. The molecule has 0 saturated carbocycles. The van der Waals surface area contributed by atoms with E-state index in [-0.39, 0.29) is 5.91 Å². The summed E-state index contributed by atoms with van der Waals surface area (Å²) in [4.78, 5) is 14.0. The highest BCUT2D eigenvalue weighted by Gasteiger charge is 2.24. The highest BCUT2D eigenvalue weighted by Crippen LogP contribution is 2.17. The third-order valence-electron chi connectivity index (χ3n) is 2.74. The topological polar surface area (TPSA) is 53.3 Å². The molecule has 1 atom stereocenters. The number of hydrogen-bond acceptors (Lipinski definition) is 3. The largest absolute Gasteiger partial charge is 0.383 e. The molecule has 4 nitrogen and oxygen atoms in total. The molecule has 0 aliphatic rings. The second kappa shape index (κ2) is 8.06. The Morgan fingerprint density at radius 1 is 1.53 bits per heavy atom. The van der Waals surface area contributed by atoms with Gasteiger partial charge in [-0.25, -0.2) is 0 Å². The first-order valence-electron chi connectivity index (χ1n) is 6.07. The quantitative estimate of drug-likeness (QED) is 0.702. The summed E-state index contributed by atoms with van der Waals surface area (Å²) < 4.78 is 4.98. The molecule has 0 fully saturated rings. The first kappa shape index (κ1) is 14.9. The van der Waals surface area contributed by atoms with Crippen LogP contribution in [0.1, 0.15) is 11.5 Å². The normalized spacial score (nSPS) is 11.4. The summed E-state index contributed by atoms with van der Waals surface area (Å²) in [5, 5.41) is 9.24. The predicted molar refractivity (Wildman–Crippen MR) is 73.4 cm³/mol. The van der Waals surface area contributed by atoms with Gasteiger partial charge in [0.25, 0.3) is 0 Å². The van der Waals surface area contributed by atoms with E-state index in [1.54, 1.807) is 30.2 Å². The van der Waals surface area contributed by atoms with Crippen LogP contribution in [0.2, 0.25) is 0 Å². The fourth-order valence-electron chi connectivity index (χ4n) is 1.75. The maximum Gasteiger partial charge on any atom is 0.244 e. The lowest BCUT2D eigenvalue weighted by Gasteiger charge is -2.23. The summed E-state index contributed by atoms with van der Waals surface area (Å²) in [6.07, 6.45) is 1.65. The van der Waals surface area contributed by atoms with E-state index in [4.69, 9.17) is 4.74 Å². The van der Waals surface area contributed by atoms with Crippen LogP contribution in [-0.4, -0.2) is 37.6 Å². The lowest BCUT2D eigenvalue weighted by atomic mass is 9.99. The van der Waals surface area contributed by atoms with Gasteiger partial charge in [0.15, 0.2) is 0 Å². The van der Waals surface area contributed by atoms with E-state index in [0.717, 1.165) is 0 Å². The Balaban J connectivity index is 2.87. The highest BCUT2D eigenvalue weighted by molar-refractivity contribution is 5.86. The van der Waals surface area contributed by atoms with Crippen LogP contribution in [0.3, 0.4) is 0 Å². The number of ether oxygens (including phenoxy) is 1. The van der Waals surface area contributed by atoms with Gasteiger partial charge in [-0.15, -0.1) is 6.58 Å². The standard InChI is InChI=1S/C15H18N2O2/c1-3-9-17(10-11-19-2)15(18)14(12-16)13-7-5-4-6-8-13/h3-8,14H,1,9-11H2,2H3. The maximum absolute atomic E-state index is 12.4. The van der Waals surface area contributed by atoms with Crippen LogP contribution in [-0.2, 0) is 9.53 Å². The minimum absolute atomic E-state index is 0.217. The highest BCUT2D eigenvalue weighted by atomic mass is 16.5. The van der Waals surface area contributed by atoms with E-state index in [1.165, 1.54) is 0 Å². The Morgan fingerprint density at radius 2 is 2.21 bits per heavy atom. The van der Waals surface area contributed by atoms with Crippen LogP contribution in [0, 0.1) is 11.3 Å². The Kier molecular flexibility index (Phi) is 6.34. The minimum atomic E-state index is -0.780. The van der Waals surface area contributed by atoms with Crippen molar-refractivity contribution in [3.63, 3.8) is 0 Å². The molecule has 1 unspecified atom stereocenters. The monoisotopic (exact) mass is 258 g/mol. The molecule has 0 radical (unpaired) electrons. The molecule has 0 N–H and O–H groups in total. The van der Waals surface area contributed by atoms with Gasteiger partial charge >= 0.3 is 0 Å². The lowest BCUT2D eigenvalue weighted by Crippen LogP contribution is -2.37. The van der Waals surface area contributed by atoms with Gasteiger partial charge in [0.2, 0.25) is 5.91 Å². The Bertz CT molecular complexity index is 451. The number of nitriles is 1. The predicted octanol–water partition coefficient (Wildman–Crippen LogP) is 1.95. The van der Waals surface area contributed by atoms with E-state index < -0.39 is 5.92 Å². The zero-order valence-electron chi connectivity index (χ0n) is 11.1. The number of benzene rings is 1. The van der Waals surface area contributed by atoms with Crippen LogP contribution in [0.15, 0.2) is 43.0 Å². The Labute approximate surface area is 113 Å². The van der Waals surface area contributed by atoms with Gasteiger partial charge in [-0.3, -0.25) is 4.79 Å². The number of hydrogen-bond donors (Lipinski definition) is 0. The van der Waals surface area contributed by atoms with Gasteiger partial charge < -0.3 is 9.64 Å². The molecule has 100 valence electrons. The SMILES string of the molecule is C=CCN(CCOC)C(=O)C(C#N)c1ccccc1. The van der Waals surface area contributed by atoms with Gasteiger partial charge in [-0.05, 0) is 5.56 Å². The molecule has 19 heavy (non-hydrogen) atoms. The molecule has 0 aromatic heterocycles. The van der Waals surface area contributed by atoms with Gasteiger partial charge in [0.1, 0.15) is 5.92 Å². The van der Waals surface area contributed by atoms with E-state index in [1.807, 2.05) is 18.2 Å². The first-order chi connectivity index (χ1) is 9.24. The van der Waals surface area contributed by atoms with Crippen LogP contribution in [0.4, 0.5) is 0 Å². The molecular formula is C15H18N2O2. The lowest BCUT2D eigenvalue weighted by molar-refractivity contribution is -0.131. The molecule has 1 aromatic rings. The zero-order valence-corrected chi connectivity index (χ0v) is 11.1. The summed E-state index contributed by atoms with van der Waals surface area (Å²) >= 11 is 0. The van der Waals surface area contributed by atoms with E-state index in [0.29, 0.717) is 25.3 Å². The average Bonchev–Trinajstić information content (AvgIpc) is 2.45. The molecule has 0 spiro atoms. The summed E-state index contributed by atoms with van der Waals surface area (Å²) in [7, 11) is 1.58. The first-order valence-corrected chi connectivity index (χ1v) is 6.07. The maximum atomic E-state index is 12.4. The molecule has 1 rings (SSSR count). The van der Waals surface area contributed by atoms with Crippen molar-refractivity contribution in [3.8, 4) is 6.07 Å². The van der Waals surface area contributed by atoms with Crippen molar-refractivity contribution in [2.24, 2.45) is 0 Å². The van der Waals surface area contributed by atoms with E-state index >= 15 is 0 Å². The van der Waals surface area contributed by atoms with Gasteiger partial charge in [-0.1, -0.05) is 36.4 Å². The molecule has 0 bridgehead atoms. The molecule has 4 heteroatoms. The number of nitrogens with zero attached hydrogens (tertiary/aromatic N) is 2. The van der Waals surface area contributed by atoms with E-state index in [2.05, 4.69) is 12.6 Å². The average molecular weight is 258 g/mol. The number of methoxy groups -OCH3 is 1. The molecule has 1 aromatic carbocycles. The van der Waals surface area contributed by atoms with Crippen LogP contribution in [0.5, 0.6) is 0 Å². The molecule has 1 amide bonds. The number of carbonyl (C=O) groups is 1. The summed E-state index contributed by atoms with van der Waals surface area (Å²) in [6.45, 7) is 4.93. The van der Waals surface area contributed by atoms with Crippen molar-refractivity contribution in [1.29, 1.82) is 5.26 Å². The summed E-state index contributed by atoms with van der Waals surface area (Å²) in [5.74, 6) is -0.997. The smallest absolute Gasteiger partial charge is 0.244 e. The van der Waals surface area contributed by atoms with Crippen molar-refractivity contribution in [2.75, 3.05) is 26.8 Å². The van der Waals surface area contributed by atoms with Crippen molar-refractivity contribution in [3.05, 3.63) is 48.6 Å². The minimum Gasteiger partial charge on any atom is -0.383 e. The fourth-order valence-corrected chi connectivity index (χ4v) is 1.75. The summed E-state index contributed by atoms with van der Waals surface area (Å²) in [5.41, 5.74) is 0.710. The number of amides is 1. The molecular weight excluding hydrogens is 240 g/mol. The van der Waals surface area contributed by atoms with Crippen molar-refractivity contribution >= 4 is 5.91 Å². The van der Waals surface area contributed by atoms with Gasteiger partial charge in [0, 0.05) is 20.2 Å².